The van der Waals surface area contributed by atoms with Crippen LogP contribution in [-0.4, -0.2) is 182 Å². The summed E-state index contributed by atoms with van der Waals surface area (Å²) in [5.41, 5.74) is 17.4. The fraction of sp³-hybridized carbons (Fsp3) is 0.625. The Morgan fingerprint density at radius 3 is 1.10 bits per heavy atom. The van der Waals surface area contributed by atoms with Crippen molar-refractivity contribution in [1.82, 2.24) is 76.4 Å². The number of unbranched alkanes of at least 4 members (excludes halogenated alkanes) is 1. The zero-order valence-corrected chi connectivity index (χ0v) is 60.3. The maximum absolute atomic E-state index is 14.7. The quantitative estimate of drug-likeness (QED) is 0.0398. The lowest BCUT2D eigenvalue weighted by atomic mass is 9.99. The molecule has 12 rings (SSSR count). The zero-order chi connectivity index (χ0) is 79.0. The van der Waals surface area contributed by atoms with Crippen molar-refractivity contribution in [3.05, 3.63) is 83.4 Å². The molecule has 0 saturated carbocycles. The van der Waals surface area contributed by atoms with E-state index in [4.69, 9.17) is 54.7 Å². The van der Waals surface area contributed by atoms with Crippen molar-refractivity contribution < 1.29 is 65.7 Å². The summed E-state index contributed by atoms with van der Waals surface area (Å²) in [6.45, 7) is 13.6. The highest BCUT2D eigenvalue weighted by atomic mass is 32.2. The molecule has 586 valence electrons. The standard InChI is InChI=1S/C17H26FN5O4.C16H24FN5O4S.C16H20FN5O4.C15H16F3N5O4/c1-4-6-7-22-11-13(20-16(19)21-14(11)25)23(17(22)26)15-8(3)10(18)12(27-15)9(24)5-2;1-4-8(23)11-9(17)7(2)14(26-11)22-12-10(13(24)20-15(18)19-12)21(16(22)25)5-6-27-3;1-4-6-21-10-12(19-15(18)20-13(10)24)22(16(21)25)14-7(3)9(17)11(26-14)8(23)5-2;1-3-4-22-8-10(20-13(19)21-11(8)25)23(14(22)26)12-6(2)5-7(27-12)9(24)15(16,17)18/h8-10,12,15,24H,4-7H2,1-3H3,(H3,19,20,21,25);7-9,11,14,23H,4-6H2,1-3H3,(H3,18,19,20,24);1,7-9,11,14,23H,5-6H2,2-3H3,(H3,18,19,20,24);1,6-7,9,12,24H,4-5H2,2H3,(H3,19,20,21,25)/t8-,9+,10-,12-,15-;2*7-,8+,9-,11-,14-;6-,7+,9-,12-/m1111/s1. The zero-order valence-electron chi connectivity index (χ0n) is 59.4. The molecule has 16 N–H and O–H groups in total. The molecular weight excluding hydrogens is 1450 g/mol. The first kappa shape index (κ1) is 81.6. The molecule has 0 aromatic carbocycles. The fourth-order valence-corrected chi connectivity index (χ4v) is 14.0. The van der Waals surface area contributed by atoms with E-state index < -0.39 is 167 Å². The first-order chi connectivity index (χ1) is 50.5. The van der Waals surface area contributed by atoms with E-state index in [1.165, 1.54) is 30.0 Å². The number of nitrogen functional groups attached to an aromatic ring is 4. The number of nitrogens with zero attached hydrogens (tertiary/aromatic N) is 12. The molecule has 0 spiro atoms. The summed E-state index contributed by atoms with van der Waals surface area (Å²) in [6, 6.07) is 0. The van der Waals surface area contributed by atoms with Gasteiger partial charge in [0.1, 0.15) is 61.7 Å². The van der Waals surface area contributed by atoms with Crippen LogP contribution in [0.15, 0.2) is 38.4 Å². The van der Waals surface area contributed by atoms with E-state index in [9.17, 15) is 85.1 Å². The van der Waals surface area contributed by atoms with Crippen LogP contribution in [0.1, 0.15) is 119 Å². The first-order valence-corrected chi connectivity index (χ1v) is 35.6. The lowest BCUT2D eigenvalue weighted by molar-refractivity contribution is -0.237. The van der Waals surface area contributed by atoms with Gasteiger partial charge in [0.2, 0.25) is 23.8 Å². The van der Waals surface area contributed by atoms with Gasteiger partial charge in [-0.3, -0.25) is 57.4 Å². The number of nitrogens with two attached hydrogens (primary N) is 4. The van der Waals surface area contributed by atoms with Crippen LogP contribution >= 0.6 is 11.8 Å². The molecule has 0 amide bonds. The van der Waals surface area contributed by atoms with E-state index >= 15 is 0 Å². The van der Waals surface area contributed by atoms with Gasteiger partial charge in [-0.2, -0.15) is 44.9 Å². The number of H-pyrrole nitrogens is 4. The molecule has 8 aromatic heterocycles. The third kappa shape index (κ3) is 15.4. The summed E-state index contributed by atoms with van der Waals surface area (Å²) in [5.74, 6) is 1.62. The first-order valence-electron chi connectivity index (χ1n) is 34.2. The maximum atomic E-state index is 14.7. The van der Waals surface area contributed by atoms with Crippen LogP contribution in [0.5, 0.6) is 0 Å². The molecule has 0 bridgehead atoms. The van der Waals surface area contributed by atoms with Gasteiger partial charge in [0, 0.05) is 42.5 Å². The predicted molar refractivity (Wildman–Crippen MR) is 380 cm³/mol. The minimum absolute atomic E-state index is 0.0396. The Bertz CT molecular complexity index is 5010. The molecular formula is C64H86F6N20O16S. The number of ether oxygens (including phenoxy) is 4. The molecule has 0 aliphatic carbocycles. The lowest BCUT2D eigenvalue weighted by Crippen LogP contribution is -2.39. The molecule has 4 aliphatic heterocycles. The summed E-state index contributed by atoms with van der Waals surface area (Å²) in [7, 11) is 0. The van der Waals surface area contributed by atoms with Gasteiger partial charge in [-0.25, -0.2) is 50.6 Å². The number of fused-ring (bicyclic) bond motifs is 4. The maximum Gasteiger partial charge on any atom is 0.416 e. The van der Waals surface area contributed by atoms with Gasteiger partial charge >= 0.3 is 28.9 Å². The Hall–Kier alpha value is -9.47. The number of alkyl halides is 6. The molecule has 19 atom stereocenters. The fourth-order valence-electron chi connectivity index (χ4n) is 13.6. The molecule has 0 unspecified atom stereocenters. The van der Waals surface area contributed by atoms with Crippen molar-refractivity contribution in [3.63, 3.8) is 0 Å². The van der Waals surface area contributed by atoms with Crippen molar-refractivity contribution in [2.75, 3.05) is 34.9 Å². The van der Waals surface area contributed by atoms with Crippen molar-refractivity contribution in [2.45, 2.75) is 219 Å². The highest BCUT2D eigenvalue weighted by Gasteiger charge is 2.52. The van der Waals surface area contributed by atoms with Crippen molar-refractivity contribution >= 4 is 80.2 Å². The number of halogens is 6. The highest BCUT2D eigenvalue weighted by molar-refractivity contribution is 7.98. The van der Waals surface area contributed by atoms with E-state index in [2.05, 4.69) is 51.7 Å². The number of thioether (sulfide) groups is 1. The number of aliphatic hydroxyl groups is 4. The third-order valence-electron chi connectivity index (χ3n) is 19.3. The Balaban J connectivity index is 0.000000165. The molecule has 43 heteroatoms. The molecule has 0 radical (unpaired) electrons. The third-order valence-corrected chi connectivity index (χ3v) is 19.9. The van der Waals surface area contributed by atoms with Crippen LogP contribution < -0.4 is 67.9 Å². The number of aryl methyl sites for hydroxylation is 2. The highest BCUT2D eigenvalue weighted by Crippen LogP contribution is 2.43. The van der Waals surface area contributed by atoms with E-state index in [-0.39, 0.29) is 88.0 Å². The van der Waals surface area contributed by atoms with E-state index in [0.29, 0.717) is 44.5 Å². The molecule has 4 saturated heterocycles. The largest absolute Gasteiger partial charge is 0.416 e. The lowest BCUT2D eigenvalue weighted by Gasteiger charge is -2.21. The summed E-state index contributed by atoms with van der Waals surface area (Å²) in [5, 5.41) is 39.6. The van der Waals surface area contributed by atoms with Gasteiger partial charge in [0.25, 0.3) is 22.2 Å². The Morgan fingerprint density at radius 1 is 0.514 bits per heavy atom. The Morgan fingerprint density at radius 2 is 0.813 bits per heavy atom. The number of aromatic amines is 4. The Labute approximate surface area is 605 Å². The van der Waals surface area contributed by atoms with Crippen molar-refractivity contribution in [1.29, 1.82) is 0 Å². The van der Waals surface area contributed by atoms with Gasteiger partial charge in [0.15, 0.2) is 50.8 Å². The molecule has 8 aromatic rings. The van der Waals surface area contributed by atoms with Crippen LogP contribution in [0.3, 0.4) is 0 Å². The number of terminal acetylenes is 2. The summed E-state index contributed by atoms with van der Waals surface area (Å²) >= 11 is 1.52. The number of nitrogens with one attached hydrogen (secondary N) is 4. The minimum atomic E-state index is -4.87. The van der Waals surface area contributed by atoms with E-state index in [1.54, 1.807) is 48.5 Å². The van der Waals surface area contributed by atoms with Crippen molar-refractivity contribution in [2.24, 2.45) is 23.7 Å². The normalized spacial score (nSPS) is 26.1. The monoisotopic (exact) mass is 1540 g/mol. The number of hydrogen-bond donors (Lipinski definition) is 12. The molecule has 107 heavy (non-hydrogen) atoms. The van der Waals surface area contributed by atoms with E-state index in [1.807, 2.05) is 13.2 Å². The minimum Gasteiger partial charge on any atom is -0.390 e. The number of aliphatic hydroxyl groups excluding tert-OH is 4. The number of hydrogen-bond acceptors (Lipinski definition) is 25. The predicted octanol–water partition coefficient (Wildman–Crippen LogP) is 1.08. The molecule has 4 aliphatic rings. The van der Waals surface area contributed by atoms with Gasteiger partial charge in [0.05, 0.1) is 37.5 Å². The molecule has 4 fully saturated rings. The van der Waals surface area contributed by atoms with E-state index in [0.717, 1.165) is 24.7 Å². The van der Waals surface area contributed by atoms with Crippen molar-refractivity contribution in [3.8, 4) is 24.7 Å². The average molecular weight is 1540 g/mol. The number of aromatic nitrogens is 16. The van der Waals surface area contributed by atoms with Crippen LogP contribution in [0.4, 0.5) is 50.1 Å². The van der Waals surface area contributed by atoms with Gasteiger partial charge in [-0.1, -0.05) is 73.7 Å². The second kappa shape index (κ2) is 32.9. The Kier molecular flexibility index (Phi) is 25.1. The number of rotatable bonds is 19. The molecule has 12 heterocycles. The summed E-state index contributed by atoms with van der Waals surface area (Å²) in [4.78, 5) is 127. The van der Waals surface area contributed by atoms with Crippen LogP contribution in [0, 0.1) is 48.4 Å². The van der Waals surface area contributed by atoms with Crippen LogP contribution in [0.2, 0.25) is 0 Å². The topological polar surface area (TPSA) is 513 Å². The van der Waals surface area contributed by atoms with Gasteiger partial charge in [-0.05, 0) is 38.4 Å². The average Bonchev–Trinajstić information content (AvgIpc) is 1.63. The molecule has 36 nitrogen and oxygen atoms in total. The van der Waals surface area contributed by atoms with Crippen LogP contribution in [-0.2, 0) is 45.1 Å². The van der Waals surface area contributed by atoms with Gasteiger partial charge < -0.3 is 62.3 Å². The SMILES string of the molecule is C#CCn1c(=O)n([C@@H]2O[C@H]([C@@H](O)C(F)(F)F)C[C@H]2C)c2nc(N)[nH]c(=O)c21.C#CCn1c(=O)n([C@@H]2O[C@H]([C@@H](O)CC)[C@H](F)[C@H]2C)c2nc(N)[nH]c(=O)c21.CCCCn1c(=O)n([C@@H]2O[C@H]([C@@H](O)CC)[C@H](F)[C@H]2C)c2nc(N)[nH]c(=O)c21.CC[C@H](O)[C@H]1O[C@@H](n2c(=O)n(CCSC)c3c(=O)[nH]c(N)nc32)[C@H](C)[C@H]1F. The number of imidazole rings is 4. The number of anilines is 4. The summed E-state index contributed by atoms with van der Waals surface area (Å²) < 4.78 is 114. The second-order valence-electron chi connectivity index (χ2n) is 26.4. The summed E-state index contributed by atoms with van der Waals surface area (Å²) in [6.07, 6.45) is -9.25. The smallest absolute Gasteiger partial charge is 0.390 e. The van der Waals surface area contributed by atoms with Crippen LogP contribution in [0.25, 0.3) is 44.7 Å². The second-order valence-corrected chi connectivity index (χ2v) is 27.4. The van der Waals surface area contributed by atoms with Gasteiger partial charge in [-0.15, -0.1) is 12.8 Å².